The van der Waals surface area contributed by atoms with Crippen LogP contribution in [0.5, 0.6) is 5.75 Å². The predicted molar refractivity (Wildman–Crippen MR) is 167 cm³/mol. The molecule has 8 heteroatoms. The minimum atomic E-state index is -1.50. The lowest BCUT2D eigenvalue weighted by Gasteiger charge is -2.30. The van der Waals surface area contributed by atoms with E-state index in [0.29, 0.717) is 42.2 Å². The van der Waals surface area contributed by atoms with Crippen molar-refractivity contribution in [2.75, 3.05) is 33.3 Å². The second kappa shape index (κ2) is 12.3. The van der Waals surface area contributed by atoms with E-state index in [1.807, 2.05) is 30.3 Å². The van der Waals surface area contributed by atoms with E-state index in [-0.39, 0.29) is 11.3 Å². The zero-order valence-electron chi connectivity index (χ0n) is 25.0. The zero-order valence-corrected chi connectivity index (χ0v) is 25.0. The number of para-hydroxylation sites is 1. The first kappa shape index (κ1) is 29.6. The van der Waals surface area contributed by atoms with Gasteiger partial charge in [-0.15, -0.1) is 0 Å². The van der Waals surface area contributed by atoms with Crippen molar-refractivity contribution in [2.45, 2.75) is 37.1 Å². The van der Waals surface area contributed by atoms with Crippen LogP contribution >= 0.6 is 0 Å². The second-order valence-electron chi connectivity index (χ2n) is 11.7. The summed E-state index contributed by atoms with van der Waals surface area (Å²) < 4.78 is 34.0. The standard InChI is InChI=1S/C36H36F2N4O2/c1-3-35(25-44-32-11-5-4-9-30(32)35)20-24-41(2)22-8-23-42-33(31-10-6-7-21-39-31)40-36(34(42)43,26-12-16-28(37)17-13-26)27-14-18-29(38)19-15-27/h4-7,9-19,21H,3,8,20,22-25H2,1-2H3. The first-order valence-corrected chi connectivity index (χ1v) is 15.1. The molecule has 3 aromatic carbocycles. The summed E-state index contributed by atoms with van der Waals surface area (Å²) in [5.41, 5.74) is 1.36. The Balaban J connectivity index is 1.24. The molecule has 1 aromatic heterocycles. The molecule has 0 bridgehead atoms. The van der Waals surface area contributed by atoms with Crippen LogP contribution in [0.15, 0.2) is 102 Å². The van der Waals surface area contributed by atoms with Gasteiger partial charge in [0.2, 0.25) is 0 Å². The third-order valence-corrected chi connectivity index (χ3v) is 9.03. The van der Waals surface area contributed by atoms with Crippen molar-refractivity contribution in [3.8, 4) is 5.75 Å². The van der Waals surface area contributed by atoms with Crippen LogP contribution < -0.4 is 4.74 Å². The number of carbonyl (C=O) groups excluding carboxylic acids is 1. The molecule has 0 radical (unpaired) electrons. The molecule has 1 unspecified atom stereocenters. The third-order valence-electron chi connectivity index (χ3n) is 9.03. The highest BCUT2D eigenvalue weighted by atomic mass is 19.1. The largest absolute Gasteiger partial charge is 0.492 e. The molecule has 3 heterocycles. The quantitative estimate of drug-likeness (QED) is 0.203. The summed E-state index contributed by atoms with van der Waals surface area (Å²) in [4.78, 5) is 28.0. The fourth-order valence-corrected chi connectivity index (χ4v) is 6.40. The third kappa shape index (κ3) is 5.39. The molecule has 0 aliphatic carbocycles. The second-order valence-corrected chi connectivity index (χ2v) is 11.7. The van der Waals surface area contributed by atoms with E-state index in [4.69, 9.17) is 9.73 Å². The number of pyridine rings is 1. The molecule has 226 valence electrons. The summed E-state index contributed by atoms with van der Waals surface area (Å²) in [6.07, 6.45) is 4.33. The molecule has 6 rings (SSSR count). The Bertz CT molecular complexity index is 1600. The molecule has 0 spiro atoms. The van der Waals surface area contributed by atoms with E-state index in [1.54, 1.807) is 35.4 Å². The molecule has 0 saturated carbocycles. The van der Waals surface area contributed by atoms with E-state index in [1.165, 1.54) is 29.8 Å². The van der Waals surface area contributed by atoms with Crippen molar-refractivity contribution in [3.63, 3.8) is 0 Å². The monoisotopic (exact) mass is 594 g/mol. The van der Waals surface area contributed by atoms with Crippen LogP contribution in [0.4, 0.5) is 8.78 Å². The van der Waals surface area contributed by atoms with E-state index < -0.39 is 17.2 Å². The number of fused-ring (bicyclic) bond motifs is 1. The van der Waals surface area contributed by atoms with Crippen LogP contribution in [0.25, 0.3) is 0 Å². The highest BCUT2D eigenvalue weighted by molar-refractivity contribution is 6.16. The van der Waals surface area contributed by atoms with Gasteiger partial charge in [0.1, 0.15) is 23.1 Å². The fourth-order valence-electron chi connectivity index (χ4n) is 6.40. The van der Waals surface area contributed by atoms with Gasteiger partial charge in [0.25, 0.3) is 5.91 Å². The summed E-state index contributed by atoms with van der Waals surface area (Å²) in [7, 11) is 2.10. The predicted octanol–water partition coefficient (Wildman–Crippen LogP) is 6.34. The maximum absolute atomic E-state index is 14.5. The molecule has 2 aliphatic rings. The molecule has 6 nitrogen and oxygen atoms in total. The lowest BCUT2D eigenvalue weighted by Crippen LogP contribution is -2.43. The molecule has 44 heavy (non-hydrogen) atoms. The summed E-state index contributed by atoms with van der Waals surface area (Å²) in [6.45, 7) is 4.97. The van der Waals surface area contributed by atoms with Gasteiger partial charge in [-0.1, -0.05) is 55.5 Å². The molecule has 4 aromatic rings. The Morgan fingerprint density at radius 1 is 0.886 bits per heavy atom. The lowest BCUT2D eigenvalue weighted by atomic mass is 9.77. The summed E-state index contributed by atoms with van der Waals surface area (Å²) in [6, 6.07) is 25.4. The molecule has 0 saturated heterocycles. The summed E-state index contributed by atoms with van der Waals surface area (Å²) >= 11 is 0. The zero-order chi connectivity index (χ0) is 30.7. The van der Waals surface area contributed by atoms with Gasteiger partial charge in [-0.3, -0.25) is 14.7 Å². The van der Waals surface area contributed by atoms with Crippen molar-refractivity contribution < 1.29 is 18.3 Å². The fraction of sp³-hybridized carbons (Fsp3) is 0.306. The first-order chi connectivity index (χ1) is 21.4. The molecule has 0 N–H and O–H groups in total. The van der Waals surface area contributed by atoms with E-state index >= 15 is 0 Å². The maximum atomic E-state index is 14.5. The number of nitrogens with zero attached hydrogens (tertiary/aromatic N) is 4. The SMILES string of the molecule is CCC1(CCN(C)CCCN2C(=O)C(c3ccc(F)cc3)(c3ccc(F)cc3)N=C2c2ccccn2)COc2ccccc21. The number of hydrogen-bond donors (Lipinski definition) is 0. The van der Waals surface area contributed by atoms with Crippen molar-refractivity contribution in [1.29, 1.82) is 0 Å². The van der Waals surface area contributed by atoms with Crippen LogP contribution in [-0.4, -0.2) is 59.8 Å². The number of halogens is 2. The number of amidine groups is 1. The number of hydrogen-bond acceptors (Lipinski definition) is 5. The molecule has 1 atom stereocenters. The number of aromatic nitrogens is 1. The number of aliphatic imine (C=N–C) groups is 1. The molecule has 0 fully saturated rings. The van der Waals surface area contributed by atoms with E-state index in [2.05, 4.69) is 36.0 Å². The summed E-state index contributed by atoms with van der Waals surface area (Å²) in [5.74, 6) is 0.316. The number of amides is 1. The van der Waals surface area contributed by atoms with Crippen LogP contribution in [0.3, 0.4) is 0 Å². The first-order valence-electron chi connectivity index (χ1n) is 15.1. The van der Waals surface area contributed by atoms with Crippen LogP contribution in [0, 0.1) is 11.6 Å². The van der Waals surface area contributed by atoms with Gasteiger partial charge in [-0.25, -0.2) is 13.8 Å². The summed E-state index contributed by atoms with van der Waals surface area (Å²) in [5, 5.41) is 0. The van der Waals surface area contributed by atoms with E-state index in [9.17, 15) is 13.6 Å². The highest BCUT2D eigenvalue weighted by Gasteiger charge is 2.51. The van der Waals surface area contributed by atoms with Crippen molar-refractivity contribution >= 4 is 11.7 Å². The Kier molecular flexibility index (Phi) is 8.27. The van der Waals surface area contributed by atoms with Crippen LogP contribution in [0.1, 0.15) is 48.6 Å². The molecule has 1 amide bonds. The Morgan fingerprint density at radius 2 is 1.55 bits per heavy atom. The van der Waals surface area contributed by atoms with Crippen molar-refractivity contribution in [3.05, 3.63) is 131 Å². The van der Waals surface area contributed by atoms with Gasteiger partial charge >= 0.3 is 0 Å². The van der Waals surface area contributed by atoms with Gasteiger partial charge in [0.05, 0.1) is 6.61 Å². The Morgan fingerprint density at radius 3 is 2.18 bits per heavy atom. The Labute approximate surface area is 257 Å². The van der Waals surface area contributed by atoms with Crippen molar-refractivity contribution in [2.24, 2.45) is 4.99 Å². The minimum absolute atomic E-state index is 0.00149. The average molecular weight is 595 g/mol. The number of benzene rings is 3. The maximum Gasteiger partial charge on any atom is 0.265 e. The number of ether oxygens (including phenoxy) is 1. The van der Waals surface area contributed by atoms with Gasteiger partial charge in [0, 0.05) is 23.7 Å². The molecular formula is C36H36F2N4O2. The van der Waals surface area contributed by atoms with Gasteiger partial charge in [-0.05, 0) is 93.0 Å². The topological polar surface area (TPSA) is 58.0 Å². The van der Waals surface area contributed by atoms with Gasteiger partial charge < -0.3 is 9.64 Å². The average Bonchev–Trinajstić information content (AvgIpc) is 3.57. The number of carbonyl (C=O) groups is 1. The normalized spacial score (nSPS) is 18.8. The lowest BCUT2D eigenvalue weighted by molar-refractivity contribution is -0.130. The van der Waals surface area contributed by atoms with E-state index in [0.717, 1.165) is 31.7 Å². The van der Waals surface area contributed by atoms with Gasteiger partial charge in [-0.2, -0.15) is 0 Å². The minimum Gasteiger partial charge on any atom is -0.492 e. The Hall–Kier alpha value is -4.43. The smallest absolute Gasteiger partial charge is 0.265 e. The highest BCUT2D eigenvalue weighted by Crippen LogP contribution is 2.44. The molecule has 2 aliphatic heterocycles. The van der Waals surface area contributed by atoms with Gasteiger partial charge in [0.15, 0.2) is 11.4 Å². The number of rotatable bonds is 11. The van der Waals surface area contributed by atoms with Crippen LogP contribution in [0.2, 0.25) is 0 Å². The molecular weight excluding hydrogens is 558 g/mol. The van der Waals surface area contributed by atoms with Crippen molar-refractivity contribution in [1.82, 2.24) is 14.8 Å². The van der Waals surface area contributed by atoms with Crippen LogP contribution in [-0.2, 0) is 15.7 Å².